The van der Waals surface area contributed by atoms with Gasteiger partial charge in [-0.05, 0) is 68.3 Å². The molecular formula is C26H40N5O+. The second-order valence-electron chi connectivity index (χ2n) is 11.1. The molecule has 2 aliphatic carbocycles. The number of fused-ring (bicyclic) bond motifs is 2. The van der Waals surface area contributed by atoms with Gasteiger partial charge in [-0.25, -0.2) is 4.98 Å². The Bertz CT molecular complexity index is 969. The van der Waals surface area contributed by atoms with E-state index in [4.69, 9.17) is 5.73 Å². The summed E-state index contributed by atoms with van der Waals surface area (Å²) in [7, 11) is 2.12. The Morgan fingerprint density at radius 3 is 2.88 bits per heavy atom. The van der Waals surface area contributed by atoms with E-state index in [9.17, 15) is 4.79 Å². The summed E-state index contributed by atoms with van der Waals surface area (Å²) in [5.74, 6) is 2.93. The molecule has 1 aromatic rings. The molecule has 3 aliphatic rings. The van der Waals surface area contributed by atoms with E-state index in [1.54, 1.807) is 6.33 Å². The first-order valence-electron chi connectivity index (χ1n) is 12.1. The minimum Gasteiger partial charge on any atom is -0.382 e. The fourth-order valence-electron chi connectivity index (χ4n) is 6.56. The molecule has 1 fully saturated rings. The summed E-state index contributed by atoms with van der Waals surface area (Å²) in [4.78, 5) is 24.6. The largest absolute Gasteiger partial charge is 0.382 e. The molecule has 1 aliphatic heterocycles. The molecule has 174 valence electrons. The number of nitrogens with one attached hydrogen (secondary N) is 1. The summed E-state index contributed by atoms with van der Waals surface area (Å²) in [6.07, 6.45) is 11.1. The van der Waals surface area contributed by atoms with Gasteiger partial charge in [-0.2, -0.15) is 4.98 Å². The van der Waals surface area contributed by atoms with Gasteiger partial charge in [0, 0.05) is 13.0 Å². The lowest BCUT2D eigenvalue weighted by molar-refractivity contribution is -0.805. The van der Waals surface area contributed by atoms with Crippen LogP contribution in [0.2, 0.25) is 0 Å². The number of nitrogen functional groups attached to an aromatic ring is 1. The van der Waals surface area contributed by atoms with Gasteiger partial charge in [0.15, 0.2) is 24.0 Å². The maximum Gasteiger partial charge on any atom is 0.256 e. The van der Waals surface area contributed by atoms with Crippen LogP contribution in [0.25, 0.3) is 0 Å². The predicted octanol–water partition coefficient (Wildman–Crippen LogP) is 3.69. The van der Waals surface area contributed by atoms with Gasteiger partial charge in [0.2, 0.25) is 0 Å². The lowest BCUT2D eigenvalue weighted by Crippen LogP contribution is -3.03. The zero-order valence-corrected chi connectivity index (χ0v) is 20.7. The van der Waals surface area contributed by atoms with Crippen molar-refractivity contribution in [3.8, 4) is 0 Å². The number of allylic oxidation sites excluding steroid dienone is 3. The smallest absolute Gasteiger partial charge is 0.256 e. The molecule has 0 bridgehead atoms. The van der Waals surface area contributed by atoms with Gasteiger partial charge >= 0.3 is 0 Å². The number of hydrogen-bond acceptors (Lipinski definition) is 5. The molecule has 0 spiro atoms. The molecule has 32 heavy (non-hydrogen) atoms. The van der Waals surface area contributed by atoms with Crippen molar-refractivity contribution in [3.05, 3.63) is 29.6 Å². The Morgan fingerprint density at radius 2 is 2.12 bits per heavy atom. The molecule has 0 amide bonds. The van der Waals surface area contributed by atoms with Gasteiger partial charge in [-0.1, -0.05) is 38.0 Å². The molecule has 5 atom stereocenters. The summed E-state index contributed by atoms with van der Waals surface area (Å²) in [5, 5.41) is 0. The van der Waals surface area contributed by atoms with Gasteiger partial charge < -0.3 is 10.6 Å². The molecule has 4 rings (SSSR count). The van der Waals surface area contributed by atoms with E-state index in [2.05, 4.69) is 62.6 Å². The van der Waals surface area contributed by atoms with Crippen LogP contribution in [0.4, 0.5) is 17.3 Å². The SMILES string of the molecule is CC(=CCN1C[NH+](C)c2ncnc(N)c21)CCC1(C)C(C)CCC2(C)C(C)=CC(=O)CC21. The lowest BCUT2D eigenvalue weighted by Gasteiger charge is -2.57. The number of hydrogen-bond donors (Lipinski definition) is 2. The van der Waals surface area contributed by atoms with E-state index < -0.39 is 0 Å². The summed E-state index contributed by atoms with van der Waals surface area (Å²) in [6.45, 7) is 13.3. The third kappa shape index (κ3) is 3.76. The number of nitrogens with zero attached hydrogens (tertiary/aromatic N) is 3. The summed E-state index contributed by atoms with van der Waals surface area (Å²) in [5.41, 5.74) is 10.2. The highest BCUT2D eigenvalue weighted by molar-refractivity contribution is 5.92. The number of nitrogens with two attached hydrogens (primary N) is 1. The molecule has 1 aromatic heterocycles. The number of rotatable bonds is 5. The first-order valence-corrected chi connectivity index (χ1v) is 12.1. The zero-order chi connectivity index (χ0) is 23.3. The number of ketones is 1. The van der Waals surface area contributed by atoms with Crippen molar-refractivity contribution < 1.29 is 9.69 Å². The summed E-state index contributed by atoms with van der Waals surface area (Å²) >= 11 is 0. The van der Waals surface area contributed by atoms with Crippen molar-refractivity contribution in [2.75, 3.05) is 30.9 Å². The minimum absolute atomic E-state index is 0.164. The van der Waals surface area contributed by atoms with Gasteiger partial charge in [0.25, 0.3) is 5.82 Å². The Kier molecular flexibility index (Phi) is 5.95. The van der Waals surface area contributed by atoms with E-state index >= 15 is 0 Å². The molecule has 6 heteroatoms. The molecule has 0 saturated heterocycles. The number of carbonyl (C=O) groups excluding carboxylic acids is 1. The van der Waals surface area contributed by atoms with Crippen molar-refractivity contribution in [1.82, 2.24) is 9.97 Å². The van der Waals surface area contributed by atoms with E-state index in [0.29, 0.717) is 29.9 Å². The van der Waals surface area contributed by atoms with E-state index in [-0.39, 0.29) is 10.8 Å². The van der Waals surface area contributed by atoms with Crippen LogP contribution in [0.15, 0.2) is 29.6 Å². The molecule has 2 heterocycles. The van der Waals surface area contributed by atoms with Crippen molar-refractivity contribution in [2.45, 2.75) is 66.7 Å². The molecule has 0 aromatic carbocycles. The third-order valence-corrected chi connectivity index (χ3v) is 9.19. The Hall–Kier alpha value is -2.21. The van der Waals surface area contributed by atoms with Crippen LogP contribution in [-0.2, 0) is 4.79 Å². The predicted molar refractivity (Wildman–Crippen MR) is 130 cm³/mol. The number of carbonyl (C=O) groups is 1. The molecule has 5 unspecified atom stereocenters. The average Bonchev–Trinajstić information content (AvgIpc) is 3.07. The second kappa shape index (κ2) is 8.29. The summed E-state index contributed by atoms with van der Waals surface area (Å²) < 4.78 is 0. The van der Waals surface area contributed by atoms with Crippen LogP contribution in [0.1, 0.15) is 66.7 Å². The third-order valence-electron chi connectivity index (χ3n) is 9.19. The first-order chi connectivity index (χ1) is 15.1. The van der Waals surface area contributed by atoms with Crippen molar-refractivity contribution >= 4 is 23.1 Å². The van der Waals surface area contributed by atoms with Crippen LogP contribution >= 0.6 is 0 Å². The van der Waals surface area contributed by atoms with Crippen molar-refractivity contribution in [1.29, 1.82) is 0 Å². The fraction of sp³-hybridized carbons (Fsp3) is 0.654. The topological polar surface area (TPSA) is 76.6 Å². The average molecular weight is 439 g/mol. The van der Waals surface area contributed by atoms with Crippen molar-refractivity contribution in [2.24, 2.45) is 22.7 Å². The van der Waals surface area contributed by atoms with E-state index in [1.807, 2.05) is 6.08 Å². The second-order valence-corrected chi connectivity index (χ2v) is 11.1. The highest BCUT2D eigenvalue weighted by Crippen LogP contribution is 2.61. The van der Waals surface area contributed by atoms with Crippen LogP contribution in [0, 0.1) is 22.7 Å². The monoisotopic (exact) mass is 438 g/mol. The van der Waals surface area contributed by atoms with Crippen molar-refractivity contribution in [3.63, 3.8) is 0 Å². The standard InChI is InChI=1S/C26H39N5O/c1-17(9-12-31-16-30(6)24-22(31)23(27)28-15-29-24)7-10-25(4)18(2)8-11-26(5)19(3)13-20(32)14-21(25)26/h9,13,15,18,21H,7-8,10-12,14,16H2,1-6H3,(H2,27,28,29)/p+1. The molecular weight excluding hydrogens is 398 g/mol. The Labute approximate surface area is 193 Å². The molecule has 3 N–H and O–H groups in total. The molecule has 0 radical (unpaired) electrons. The fourth-order valence-corrected chi connectivity index (χ4v) is 6.56. The van der Waals surface area contributed by atoms with Gasteiger partial charge in [-0.3, -0.25) is 9.69 Å². The number of aromatic nitrogens is 2. The van der Waals surface area contributed by atoms with E-state index in [1.165, 1.54) is 28.9 Å². The minimum atomic E-state index is 0.164. The van der Waals surface area contributed by atoms with Gasteiger partial charge in [0.1, 0.15) is 6.33 Å². The van der Waals surface area contributed by atoms with Gasteiger partial charge in [-0.15, -0.1) is 0 Å². The first kappa shape index (κ1) is 23.0. The highest BCUT2D eigenvalue weighted by Gasteiger charge is 2.54. The highest BCUT2D eigenvalue weighted by atomic mass is 16.1. The van der Waals surface area contributed by atoms with Gasteiger partial charge in [0.05, 0.1) is 7.05 Å². The van der Waals surface area contributed by atoms with Crippen LogP contribution < -0.4 is 15.5 Å². The molecule has 6 nitrogen and oxygen atoms in total. The van der Waals surface area contributed by atoms with E-state index in [0.717, 1.165) is 37.6 Å². The summed E-state index contributed by atoms with van der Waals surface area (Å²) in [6, 6.07) is 0. The van der Waals surface area contributed by atoms with Crippen LogP contribution in [-0.4, -0.2) is 36.0 Å². The lowest BCUT2D eigenvalue weighted by atomic mass is 9.47. The number of quaternary nitrogens is 1. The quantitative estimate of drug-likeness (QED) is 0.686. The zero-order valence-electron chi connectivity index (χ0n) is 20.7. The maximum absolute atomic E-state index is 12.5. The normalized spacial score (nSPS) is 34.9. The number of anilines is 2. The maximum atomic E-state index is 12.5. The Balaban J connectivity index is 1.47. The van der Waals surface area contributed by atoms with Crippen LogP contribution in [0.3, 0.4) is 0 Å². The Morgan fingerprint density at radius 1 is 1.38 bits per heavy atom. The molecule has 1 saturated carbocycles. The van der Waals surface area contributed by atoms with Crippen LogP contribution in [0.5, 0.6) is 0 Å².